The summed E-state index contributed by atoms with van der Waals surface area (Å²) in [5.74, 6) is 0.279. The molecule has 0 bridgehead atoms. The number of likely N-dealkylation sites (tertiary alicyclic amines) is 1. The van der Waals surface area contributed by atoms with Crippen molar-refractivity contribution in [2.24, 2.45) is 11.7 Å². The molecule has 1 fully saturated rings. The molecule has 0 aliphatic carbocycles. The van der Waals surface area contributed by atoms with Gasteiger partial charge in [0.2, 0.25) is 0 Å². The Morgan fingerprint density at radius 1 is 1.38 bits per heavy atom. The van der Waals surface area contributed by atoms with E-state index in [2.05, 4.69) is 5.32 Å². The van der Waals surface area contributed by atoms with E-state index >= 15 is 0 Å². The molecule has 0 spiro atoms. The molecular weight excluding hydrogens is 283 g/mol. The fraction of sp³-hybridized carbons (Fsp3) is 0.500. The van der Waals surface area contributed by atoms with Crippen LogP contribution in [0.25, 0.3) is 0 Å². The summed E-state index contributed by atoms with van der Waals surface area (Å²) in [6.45, 7) is 2.96. The number of nitrogens with zero attached hydrogens (tertiary/aromatic N) is 1. The number of nitrogens with two attached hydrogens (primary N) is 1. The molecule has 2 amide bonds. The highest BCUT2D eigenvalue weighted by molar-refractivity contribution is 5.89. The zero-order valence-corrected chi connectivity index (χ0v) is 11.7. The van der Waals surface area contributed by atoms with Gasteiger partial charge in [0.05, 0.1) is 5.56 Å². The molecule has 2 rings (SSSR count). The minimum atomic E-state index is -4.43. The Balaban J connectivity index is 2.06. The van der Waals surface area contributed by atoms with Gasteiger partial charge in [0.1, 0.15) is 0 Å². The summed E-state index contributed by atoms with van der Waals surface area (Å²) in [5, 5.41) is 2.50. The summed E-state index contributed by atoms with van der Waals surface area (Å²) in [6, 6.07) is 4.07. The number of rotatable bonds is 1. The van der Waals surface area contributed by atoms with Crippen molar-refractivity contribution in [3.8, 4) is 0 Å². The van der Waals surface area contributed by atoms with Crippen molar-refractivity contribution in [1.29, 1.82) is 0 Å². The van der Waals surface area contributed by atoms with E-state index in [0.29, 0.717) is 13.1 Å². The summed E-state index contributed by atoms with van der Waals surface area (Å²) in [7, 11) is 0. The first-order valence-corrected chi connectivity index (χ1v) is 6.74. The number of benzene rings is 1. The van der Waals surface area contributed by atoms with E-state index in [-0.39, 0.29) is 17.6 Å². The standard InChI is InChI=1S/C14H18F3N3O/c1-9-5-11(18)8-20(7-9)13(21)19-12-4-2-3-10(6-12)14(15,16)17/h2-4,6,9,11H,5,7-8,18H2,1H3,(H,19,21). The van der Waals surface area contributed by atoms with Gasteiger partial charge in [-0.3, -0.25) is 0 Å². The lowest BCUT2D eigenvalue weighted by atomic mass is 9.97. The molecule has 0 saturated carbocycles. The average molecular weight is 301 g/mol. The van der Waals surface area contributed by atoms with Crippen molar-refractivity contribution in [3.05, 3.63) is 29.8 Å². The van der Waals surface area contributed by atoms with Gasteiger partial charge in [0.15, 0.2) is 0 Å². The van der Waals surface area contributed by atoms with Crippen LogP contribution in [0.5, 0.6) is 0 Å². The largest absolute Gasteiger partial charge is 0.416 e. The number of carbonyl (C=O) groups is 1. The highest BCUT2D eigenvalue weighted by Gasteiger charge is 2.31. The van der Waals surface area contributed by atoms with E-state index in [1.807, 2.05) is 6.92 Å². The fourth-order valence-corrected chi connectivity index (χ4v) is 2.54. The van der Waals surface area contributed by atoms with Gasteiger partial charge in [-0.25, -0.2) is 4.79 Å². The first-order valence-electron chi connectivity index (χ1n) is 6.74. The molecule has 21 heavy (non-hydrogen) atoms. The molecule has 1 aromatic rings. The quantitative estimate of drug-likeness (QED) is 0.838. The molecule has 1 aromatic carbocycles. The molecule has 3 N–H and O–H groups in total. The van der Waals surface area contributed by atoms with E-state index in [4.69, 9.17) is 5.73 Å². The molecule has 116 valence electrons. The fourth-order valence-electron chi connectivity index (χ4n) is 2.54. The van der Waals surface area contributed by atoms with Crippen LogP contribution in [-0.2, 0) is 6.18 Å². The van der Waals surface area contributed by atoms with Crippen LogP contribution in [0.4, 0.5) is 23.7 Å². The van der Waals surface area contributed by atoms with Crippen LogP contribution >= 0.6 is 0 Å². The summed E-state index contributed by atoms with van der Waals surface area (Å²) in [5.41, 5.74) is 5.20. The highest BCUT2D eigenvalue weighted by atomic mass is 19.4. The van der Waals surface area contributed by atoms with Crippen LogP contribution in [0, 0.1) is 5.92 Å². The predicted octanol–water partition coefficient (Wildman–Crippen LogP) is 2.91. The van der Waals surface area contributed by atoms with Crippen molar-refractivity contribution >= 4 is 11.7 Å². The number of nitrogens with one attached hydrogen (secondary N) is 1. The van der Waals surface area contributed by atoms with Crippen LogP contribution in [0.2, 0.25) is 0 Å². The Kier molecular flexibility index (Phi) is 4.41. The smallest absolute Gasteiger partial charge is 0.326 e. The topological polar surface area (TPSA) is 58.4 Å². The normalized spacial score (nSPS) is 23.0. The maximum atomic E-state index is 12.6. The molecule has 4 nitrogen and oxygen atoms in total. The van der Waals surface area contributed by atoms with Gasteiger partial charge in [-0.15, -0.1) is 0 Å². The van der Waals surface area contributed by atoms with Gasteiger partial charge in [-0.1, -0.05) is 13.0 Å². The van der Waals surface area contributed by atoms with Gasteiger partial charge < -0.3 is 16.0 Å². The number of urea groups is 1. The Bertz CT molecular complexity index is 508. The lowest BCUT2D eigenvalue weighted by Crippen LogP contribution is -2.50. The number of hydrogen-bond donors (Lipinski definition) is 2. The number of carbonyl (C=O) groups excluding carboxylic acids is 1. The van der Waals surface area contributed by atoms with Crippen molar-refractivity contribution < 1.29 is 18.0 Å². The van der Waals surface area contributed by atoms with Gasteiger partial charge in [-0.05, 0) is 30.5 Å². The molecule has 2 unspecified atom stereocenters. The zero-order valence-electron chi connectivity index (χ0n) is 11.7. The zero-order chi connectivity index (χ0) is 15.6. The Hall–Kier alpha value is -1.76. The summed E-state index contributed by atoms with van der Waals surface area (Å²) >= 11 is 0. The summed E-state index contributed by atoms with van der Waals surface area (Å²) in [4.78, 5) is 13.6. The molecule has 0 aromatic heterocycles. The minimum Gasteiger partial charge on any atom is -0.326 e. The number of halogens is 3. The number of hydrogen-bond acceptors (Lipinski definition) is 2. The second-order valence-corrected chi connectivity index (χ2v) is 5.51. The maximum Gasteiger partial charge on any atom is 0.416 e. The van der Waals surface area contributed by atoms with Crippen molar-refractivity contribution in [1.82, 2.24) is 4.90 Å². The third kappa shape index (κ3) is 4.10. The number of alkyl halides is 3. The van der Waals surface area contributed by atoms with Crippen LogP contribution in [0.1, 0.15) is 18.9 Å². The predicted molar refractivity (Wildman–Crippen MR) is 73.8 cm³/mol. The third-order valence-electron chi connectivity index (χ3n) is 3.42. The maximum absolute atomic E-state index is 12.6. The Labute approximate surface area is 121 Å². The van der Waals surface area contributed by atoms with Crippen molar-refractivity contribution in [2.45, 2.75) is 25.6 Å². The molecule has 7 heteroatoms. The van der Waals surface area contributed by atoms with Crippen molar-refractivity contribution in [3.63, 3.8) is 0 Å². The number of anilines is 1. The first-order chi connectivity index (χ1) is 9.75. The van der Waals surface area contributed by atoms with E-state index in [1.54, 1.807) is 4.90 Å². The van der Waals surface area contributed by atoms with Crippen LogP contribution in [-0.4, -0.2) is 30.1 Å². The van der Waals surface area contributed by atoms with E-state index in [9.17, 15) is 18.0 Å². The van der Waals surface area contributed by atoms with Crippen LogP contribution < -0.4 is 11.1 Å². The third-order valence-corrected chi connectivity index (χ3v) is 3.42. The second-order valence-electron chi connectivity index (χ2n) is 5.51. The van der Waals surface area contributed by atoms with Gasteiger partial charge in [0.25, 0.3) is 0 Å². The van der Waals surface area contributed by atoms with Gasteiger partial charge >= 0.3 is 12.2 Å². The summed E-state index contributed by atoms with van der Waals surface area (Å²) in [6.07, 6.45) is -3.59. The SMILES string of the molecule is CC1CC(N)CN(C(=O)Nc2cccc(C(F)(F)F)c2)C1. The van der Waals surface area contributed by atoms with Crippen LogP contribution in [0.3, 0.4) is 0 Å². The highest BCUT2D eigenvalue weighted by Crippen LogP contribution is 2.30. The molecule has 1 heterocycles. The minimum absolute atomic E-state index is 0.0963. The van der Waals surface area contributed by atoms with Gasteiger partial charge in [0, 0.05) is 24.8 Å². The Morgan fingerprint density at radius 3 is 2.71 bits per heavy atom. The lowest BCUT2D eigenvalue weighted by molar-refractivity contribution is -0.137. The van der Waals surface area contributed by atoms with E-state index < -0.39 is 17.8 Å². The molecule has 1 aliphatic rings. The first kappa shape index (κ1) is 15.6. The molecule has 1 aliphatic heterocycles. The number of piperidine rings is 1. The lowest BCUT2D eigenvalue weighted by Gasteiger charge is -2.34. The number of amides is 2. The van der Waals surface area contributed by atoms with Crippen LogP contribution in [0.15, 0.2) is 24.3 Å². The average Bonchev–Trinajstić information content (AvgIpc) is 2.37. The molecular formula is C14H18F3N3O. The van der Waals surface area contributed by atoms with Gasteiger partial charge in [-0.2, -0.15) is 13.2 Å². The Morgan fingerprint density at radius 2 is 2.10 bits per heavy atom. The summed E-state index contributed by atoms with van der Waals surface area (Å²) < 4.78 is 37.9. The molecule has 2 atom stereocenters. The second kappa shape index (κ2) is 5.93. The monoisotopic (exact) mass is 301 g/mol. The van der Waals surface area contributed by atoms with Crippen molar-refractivity contribution in [2.75, 3.05) is 18.4 Å². The molecule has 1 saturated heterocycles. The molecule has 0 radical (unpaired) electrons. The van der Waals surface area contributed by atoms with E-state index in [1.165, 1.54) is 12.1 Å². The van der Waals surface area contributed by atoms with E-state index in [0.717, 1.165) is 18.6 Å².